The van der Waals surface area contributed by atoms with Crippen molar-refractivity contribution in [3.63, 3.8) is 0 Å². The molecule has 1 unspecified atom stereocenters. The van der Waals surface area contributed by atoms with Gasteiger partial charge in [0.2, 0.25) is 0 Å². The maximum absolute atomic E-state index is 9.64. The Morgan fingerprint density at radius 2 is 2.07 bits per heavy atom. The van der Waals surface area contributed by atoms with Crippen molar-refractivity contribution in [3.05, 3.63) is 35.5 Å². The van der Waals surface area contributed by atoms with Gasteiger partial charge in [0.15, 0.2) is 0 Å². The van der Waals surface area contributed by atoms with Crippen LogP contribution in [0.15, 0.2) is 24.4 Å². The number of hydrogen-bond donors (Lipinski definition) is 1. The number of rotatable bonds is 1. The van der Waals surface area contributed by atoms with Crippen molar-refractivity contribution in [1.29, 1.82) is 0 Å². The molecule has 0 saturated heterocycles. The van der Waals surface area contributed by atoms with E-state index >= 15 is 0 Å². The molecule has 2 nitrogen and oxygen atoms in total. The Balaban J connectivity index is 2.85. The molecule has 2 aromatic rings. The van der Waals surface area contributed by atoms with Crippen molar-refractivity contribution in [3.8, 4) is 0 Å². The fourth-order valence-electron chi connectivity index (χ4n) is 2.03. The molecule has 0 amide bonds. The Morgan fingerprint density at radius 3 is 2.71 bits per heavy atom. The predicted molar refractivity (Wildman–Crippen MR) is 58.3 cm³/mol. The van der Waals surface area contributed by atoms with Crippen LogP contribution in [0, 0.1) is 6.92 Å². The van der Waals surface area contributed by atoms with Crippen molar-refractivity contribution in [2.45, 2.75) is 20.0 Å². The van der Waals surface area contributed by atoms with E-state index in [0.29, 0.717) is 0 Å². The highest BCUT2D eigenvalue weighted by molar-refractivity contribution is 5.86. The van der Waals surface area contributed by atoms with E-state index in [-0.39, 0.29) is 0 Å². The van der Waals surface area contributed by atoms with E-state index in [0.717, 1.165) is 11.1 Å². The molecule has 1 aromatic heterocycles. The van der Waals surface area contributed by atoms with Crippen molar-refractivity contribution >= 4 is 10.9 Å². The van der Waals surface area contributed by atoms with Gasteiger partial charge < -0.3 is 9.67 Å². The fraction of sp³-hybridized carbons (Fsp3) is 0.333. The summed E-state index contributed by atoms with van der Waals surface area (Å²) < 4.78 is 2.08. The molecule has 1 aromatic carbocycles. The third kappa shape index (κ3) is 1.23. The SMILES string of the molecule is Cc1cn(C)c2c(C(C)O)cccc12. The number of aromatic nitrogens is 1. The summed E-state index contributed by atoms with van der Waals surface area (Å²) in [6.45, 7) is 3.89. The molecule has 2 heteroatoms. The minimum Gasteiger partial charge on any atom is -0.389 e. The van der Waals surface area contributed by atoms with Crippen molar-refractivity contribution in [2.24, 2.45) is 7.05 Å². The monoisotopic (exact) mass is 189 g/mol. The zero-order valence-electron chi connectivity index (χ0n) is 8.78. The lowest BCUT2D eigenvalue weighted by molar-refractivity contribution is 0.200. The summed E-state index contributed by atoms with van der Waals surface area (Å²) >= 11 is 0. The van der Waals surface area contributed by atoms with E-state index < -0.39 is 6.10 Å². The molecule has 2 rings (SSSR count). The summed E-state index contributed by atoms with van der Waals surface area (Å²) in [5.41, 5.74) is 3.39. The summed E-state index contributed by atoms with van der Waals surface area (Å²) in [5, 5.41) is 10.9. The molecule has 1 heterocycles. The van der Waals surface area contributed by atoms with Gasteiger partial charge in [-0.2, -0.15) is 0 Å². The molecular weight excluding hydrogens is 174 g/mol. The minimum atomic E-state index is -0.410. The molecule has 14 heavy (non-hydrogen) atoms. The highest BCUT2D eigenvalue weighted by atomic mass is 16.3. The van der Waals surface area contributed by atoms with Gasteiger partial charge in [0.05, 0.1) is 11.6 Å². The Hall–Kier alpha value is -1.28. The molecule has 74 valence electrons. The second kappa shape index (κ2) is 3.14. The lowest BCUT2D eigenvalue weighted by atomic mass is 10.1. The number of benzene rings is 1. The van der Waals surface area contributed by atoms with Gasteiger partial charge in [0.25, 0.3) is 0 Å². The molecule has 0 spiro atoms. The third-order valence-electron chi connectivity index (χ3n) is 2.68. The molecule has 0 aliphatic carbocycles. The number of hydrogen-bond acceptors (Lipinski definition) is 1. The lowest BCUT2D eigenvalue weighted by Crippen LogP contribution is -1.95. The van der Waals surface area contributed by atoms with Gasteiger partial charge in [-0.25, -0.2) is 0 Å². The normalized spacial score (nSPS) is 13.4. The van der Waals surface area contributed by atoms with E-state index in [9.17, 15) is 5.11 Å². The van der Waals surface area contributed by atoms with Gasteiger partial charge in [0.1, 0.15) is 0 Å². The second-order valence-electron chi connectivity index (χ2n) is 3.84. The van der Waals surface area contributed by atoms with Crippen molar-refractivity contribution in [2.75, 3.05) is 0 Å². The average Bonchev–Trinajstić information content (AvgIpc) is 2.43. The van der Waals surface area contributed by atoms with Gasteiger partial charge in [-0.3, -0.25) is 0 Å². The lowest BCUT2D eigenvalue weighted by Gasteiger charge is -2.08. The summed E-state index contributed by atoms with van der Waals surface area (Å²) in [4.78, 5) is 0. The van der Waals surface area contributed by atoms with Crippen molar-refractivity contribution < 1.29 is 5.11 Å². The van der Waals surface area contributed by atoms with Crippen LogP contribution in [-0.2, 0) is 7.05 Å². The molecule has 0 aliphatic rings. The molecule has 0 saturated carbocycles. The minimum absolute atomic E-state index is 0.410. The maximum Gasteiger partial charge on any atom is 0.0782 e. The quantitative estimate of drug-likeness (QED) is 0.732. The van der Waals surface area contributed by atoms with Crippen LogP contribution in [0.1, 0.15) is 24.2 Å². The standard InChI is InChI=1S/C12H15NO/c1-8-7-13(3)12-10(8)5-4-6-11(12)9(2)14/h4-7,9,14H,1-3H3. The van der Waals surface area contributed by atoms with Crippen LogP contribution in [0.4, 0.5) is 0 Å². The van der Waals surface area contributed by atoms with Crippen LogP contribution in [-0.4, -0.2) is 9.67 Å². The van der Waals surface area contributed by atoms with Gasteiger partial charge in [-0.05, 0) is 19.4 Å². The smallest absolute Gasteiger partial charge is 0.0782 e. The maximum atomic E-state index is 9.64. The van der Waals surface area contributed by atoms with Crippen LogP contribution >= 0.6 is 0 Å². The fourth-order valence-corrected chi connectivity index (χ4v) is 2.03. The Labute approximate surface area is 83.8 Å². The Kier molecular flexibility index (Phi) is 2.08. The molecule has 0 fully saturated rings. The van der Waals surface area contributed by atoms with Gasteiger partial charge in [-0.1, -0.05) is 18.2 Å². The largest absolute Gasteiger partial charge is 0.389 e. The number of nitrogens with zero attached hydrogens (tertiary/aromatic N) is 1. The molecule has 0 bridgehead atoms. The van der Waals surface area contributed by atoms with Crippen molar-refractivity contribution in [1.82, 2.24) is 4.57 Å². The van der Waals surface area contributed by atoms with Gasteiger partial charge in [-0.15, -0.1) is 0 Å². The van der Waals surface area contributed by atoms with E-state index in [1.54, 1.807) is 6.92 Å². The van der Waals surface area contributed by atoms with E-state index in [2.05, 4.69) is 23.8 Å². The first kappa shape index (κ1) is 9.28. The molecule has 0 aliphatic heterocycles. The Morgan fingerprint density at radius 1 is 1.36 bits per heavy atom. The summed E-state index contributed by atoms with van der Waals surface area (Å²) in [6, 6.07) is 6.07. The molecule has 1 N–H and O–H groups in total. The zero-order chi connectivity index (χ0) is 10.3. The van der Waals surface area contributed by atoms with Crippen LogP contribution in [0.25, 0.3) is 10.9 Å². The number of aryl methyl sites for hydroxylation is 2. The van der Waals surface area contributed by atoms with E-state index in [1.807, 2.05) is 19.2 Å². The van der Waals surface area contributed by atoms with Gasteiger partial charge in [0, 0.05) is 24.2 Å². The highest BCUT2D eigenvalue weighted by Crippen LogP contribution is 2.27. The number of fused-ring (bicyclic) bond motifs is 1. The first-order chi connectivity index (χ1) is 6.61. The summed E-state index contributed by atoms with van der Waals surface area (Å²) in [7, 11) is 2.02. The van der Waals surface area contributed by atoms with Crippen LogP contribution in [0.2, 0.25) is 0 Å². The second-order valence-corrected chi connectivity index (χ2v) is 3.84. The number of para-hydroxylation sites is 1. The topological polar surface area (TPSA) is 25.2 Å². The Bertz CT molecular complexity index is 468. The van der Waals surface area contributed by atoms with Crippen LogP contribution in [0.3, 0.4) is 0 Å². The summed E-state index contributed by atoms with van der Waals surface area (Å²) in [6.07, 6.45) is 1.68. The summed E-state index contributed by atoms with van der Waals surface area (Å²) in [5.74, 6) is 0. The number of aliphatic hydroxyl groups excluding tert-OH is 1. The average molecular weight is 189 g/mol. The third-order valence-corrected chi connectivity index (χ3v) is 2.68. The predicted octanol–water partition coefficient (Wildman–Crippen LogP) is 2.54. The molecule has 1 atom stereocenters. The number of aliphatic hydroxyl groups is 1. The van der Waals surface area contributed by atoms with E-state index in [4.69, 9.17) is 0 Å². The molecule has 0 radical (unpaired) electrons. The first-order valence-electron chi connectivity index (χ1n) is 4.84. The van der Waals surface area contributed by atoms with Crippen LogP contribution < -0.4 is 0 Å². The first-order valence-corrected chi connectivity index (χ1v) is 4.84. The van der Waals surface area contributed by atoms with Gasteiger partial charge >= 0.3 is 0 Å². The molecular formula is C12H15NO. The van der Waals surface area contributed by atoms with E-state index in [1.165, 1.54) is 10.9 Å². The highest BCUT2D eigenvalue weighted by Gasteiger charge is 2.10. The zero-order valence-corrected chi connectivity index (χ0v) is 8.78. The van der Waals surface area contributed by atoms with Crippen LogP contribution in [0.5, 0.6) is 0 Å².